The van der Waals surface area contributed by atoms with Crippen LogP contribution in [0.15, 0.2) is 0 Å². The first-order valence-corrected chi connectivity index (χ1v) is 11.4. The lowest BCUT2D eigenvalue weighted by Gasteiger charge is -2.34. The van der Waals surface area contributed by atoms with Crippen molar-refractivity contribution in [1.82, 2.24) is 20.9 Å². The minimum absolute atomic E-state index is 0.0943. The summed E-state index contributed by atoms with van der Waals surface area (Å²) in [5, 5.41) is 6.76. The standard InChI is InChI=1S/C22H35F3N4O6/c1-11(2)15(16(30)22(23,24)25)29-10-8-9-14(29)19(33)28-18(32)12(3)26-17(31)13(4)27-20(34)35-21(5,6)7/h11-15H,8-10H2,1-7H3,(H,26,31)(H,27,34)(H,28,32,33)/t12-,13-,14-,15?/m0/s1. The largest absolute Gasteiger partial charge is 0.451 e. The number of alkyl carbamates (subject to hydrolysis) is 1. The van der Waals surface area contributed by atoms with Crippen LogP contribution in [0, 0.1) is 5.92 Å². The van der Waals surface area contributed by atoms with Crippen molar-refractivity contribution < 1.29 is 41.9 Å². The van der Waals surface area contributed by atoms with E-state index in [1.54, 1.807) is 20.8 Å². The van der Waals surface area contributed by atoms with Gasteiger partial charge in [-0.2, -0.15) is 13.2 Å². The SMILES string of the molecule is CC(C)C(C(=O)C(F)(F)F)N1CCC[C@H]1C(=O)NC(=O)[C@H](C)NC(=O)[C@H](C)NC(=O)OC(C)(C)C. The average molecular weight is 509 g/mol. The third-order valence-electron chi connectivity index (χ3n) is 5.26. The highest BCUT2D eigenvalue weighted by Crippen LogP contribution is 2.30. The summed E-state index contributed by atoms with van der Waals surface area (Å²) in [7, 11) is 0. The van der Waals surface area contributed by atoms with Gasteiger partial charge in [-0.3, -0.25) is 29.4 Å². The number of hydrogen-bond acceptors (Lipinski definition) is 7. The van der Waals surface area contributed by atoms with Crippen molar-refractivity contribution >= 4 is 29.6 Å². The lowest BCUT2D eigenvalue weighted by atomic mass is 9.96. The molecule has 4 atom stereocenters. The molecule has 200 valence electrons. The Bertz CT molecular complexity index is 825. The molecule has 3 N–H and O–H groups in total. The van der Waals surface area contributed by atoms with Crippen molar-refractivity contribution in [3.05, 3.63) is 0 Å². The van der Waals surface area contributed by atoms with Gasteiger partial charge in [-0.05, 0) is 59.9 Å². The van der Waals surface area contributed by atoms with Crippen molar-refractivity contribution in [1.29, 1.82) is 0 Å². The van der Waals surface area contributed by atoms with Gasteiger partial charge >= 0.3 is 12.3 Å². The first-order valence-electron chi connectivity index (χ1n) is 11.4. The van der Waals surface area contributed by atoms with E-state index in [-0.39, 0.29) is 13.0 Å². The zero-order chi connectivity index (χ0) is 27.3. The number of carbonyl (C=O) groups is 5. The molecule has 1 saturated heterocycles. The smallest absolute Gasteiger partial charge is 0.444 e. The Hall–Kier alpha value is -2.70. The molecule has 0 aromatic rings. The molecule has 0 aliphatic carbocycles. The number of carbonyl (C=O) groups excluding carboxylic acids is 5. The molecule has 0 saturated carbocycles. The first-order chi connectivity index (χ1) is 15.8. The van der Waals surface area contributed by atoms with E-state index in [1.165, 1.54) is 32.6 Å². The number of amides is 4. The number of likely N-dealkylation sites (tertiary alicyclic amines) is 1. The monoisotopic (exact) mass is 508 g/mol. The molecule has 1 aliphatic rings. The predicted octanol–water partition coefficient (Wildman–Crippen LogP) is 1.67. The normalized spacial score (nSPS) is 19.5. The van der Waals surface area contributed by atoms with Gasteiger partial charge in [-0.15, -0.1) is 0 Å². The van der Waals surface area contributed by atoms with Crippen molar-refractivity contribution in [3.63, 3.8) is 0 Å². The Morgan fingerprint density at radius 1 is 0.914 bits per heavy atom. The van der Waals surface area contributed by atoms with E-state index in [1.807, 2.05) is 0 Å². The fourth-order valence-electron chi connectivity index (χ4n) is 3.67. The molecule has 1 aliphatic heterocycles. The number of halogens is 3. The van der Waals surface area contributed by atoms with E-state index in [0.29, 0.717) is 6.42 Å². The second-order valence-electron chi connectivity index (χ2n) is 9.90. The zero-order valence-corrected chi connectivity index (χ0v) is 21.0. The Balaban J connectivity index is 2.76. The van der Waals surface area contributed by atoms with Crippen LogP contribution >= 0.6 is 0 Å². The van der Waals surface area contributed by atoms with E-state index >= 15 is 0 Å². The summed E-state index contributed by atoms with van der Waals surface area (Å²) in [4.78, 5) is 62.4. The summed E-state index contributed by atoms with van der Waals surface area (Å²) in [6, 6.07) is -4.91. The number of hydrogen-bond donors (Lipinski definition) is 3. The Morgan fingerprint density at radius 2 is 1.46 bits per heavy atom. The van der Waals surface area contributed by atoms with Crippen LogP contribution in [0.25, 0.3) is 0 Å². The van der Waals surface area contributed by atoms with Gasteiger partial charge in [0.15, 0.2) is 0 Å². The van der Waals surface area contributed by atoms with Gasteiger partial charge in [0.25, 0.3) is 5.78 Å². The summed E-state index contributed by atoms with van der Waals surface area (Å²) >= 11 is 0. The molecule has 35 heavy (non-hydrogen) atoms. The fraction of sp³-hybridized carbons (Fsp3) is 0.773. The number of ketones is 1. The number of rotatable bonds is 8. The number of nitrogens with one attached hydrogen (secondary N) is 3. The summed E-state index contributed by atoms with van der Waals surface area (Å²) in [5.41, 5.74) is -0.777. The summed E-state index contributed by atoms with van der Waals surface area (Å²) < 4.78 is 44.3. The van der Waals surface area contributed by atoms with Gasteiger partial charge in [-0.1, -0.05) is 13.8 Å². The minimum atomic E-state index is -5.06. The van der Waals surface area contributed by atoms with Crippen LogP contribution in [0.3, 0.4) is 0 Å². The van der Waals surface area contributed by atoms with Gasteiger partial charge < -0.3 is 15.4 Å². The van der Waals surface area contributed by atoms with Gasteiger partial charge in [0.05, 0.1) is 12.1 Å². The van der Waals surface area contributed by atoms with E-state index in [9.17, 15) is 37.1 Å². The van der Waals surface area contributed by atoms with Crippen LogP contribution in [0.2, 0.25) is 0 Å². The van der Waals surface area contributed by atoms with Crippen LogP contribution in [-0.4, -0.2) is 77.0 Å². The molecule has 1 fully saturated rings. The average Bonchev–Trinajstić information content (AvgIpc) is 3.14. The van der Waals surface area contributed by atoms with Crippen LogP contribution in [0.5, 0.6) is 0 Å². The highest BCUT2D eigenvalue weighted by Gasteiger charge is 2.50. The van der Waals surface area contributed by atoms with Gasteiger partial charge in [-0.25, -0.2) is 4.79 Å². The lowest BCUT2D eigenvalue weighted by molar-refractivity contribution is -0.179. The molecule has 4 amide bonds. The second kappa shape index (κ2) is 11.8. The molecule has 1 rings (SSSR count). The minimum Gasteiger partial charge on any atom is -0.444 e. The molecular weight excluding hydrogens is 473 g/mol. The van der Waals surface area contributed by atoms with Crippen molar-refractivity contribution in [2.75, 3.05) is 6.54 Å². The molecule has 10 nitrogen and oxygen atoms in total. The third-order valence-corrected chi connectivity index (χ3v) is 5.26. The number of imide groups is 1. The molecule has 13 heteroatoms. The van der Waals surface area contributed by atoms with E-state index in [4.69, 9.17) is 4.74 Å². The molecule has 0 aromatic heterocycles. The molecule has 0 spiro atoms. The van der Waals surface area contributed by atoms with Crippen LogP contribution in [-0.2, 0) is 23.9 Å². The van der Waals surface area contributed by atoms with Crippen LogP contribution in [0.4, 0.5) is 18.0 Å². The van der Waals surface area contributed by atoms with Crippen molar-refractivity contribution in [2.45, 2.75) is 97.3 Å². The number of Topliss-reactive ketones (excluding diaryl/α,β-unsaturated/α-hetero) is 1. The highest BCUT2D eigenvalue weighted by atomic mass is 19.4. The summed E-state index contributed by atoms with van der Waals surface area (Å²) in [5.74, 6) is -5.11. The topological polar surface area (TPSA) is 134 Å². The van der Waals surface area contributed by atoms with Gasteiger partial charge in [0.2, 0.25) is 17.7 Å². The Labute approximate surface area is 202 Å². The maximum atomic E-state index is 13.1. The fourth-order valence-corrected chi connectivity index (χ4v) is 3.67. The molecule has 1 heterocycles. The maximum Gasteiger partial charge on any atom is 0.451 e. The van der Waals surface area contributed by atoms with Crippen LogP contribution in [0.1, 0.15) is 61.3 Å². The number of nitrogens with zero attached hydrogens (tertiary/aromatic N) is 1. The molecule has 0 aromatic carbocycles. The molecular formula is C22H35F3N4O6. The highest BCUT2D eigenvalue weighted by molar-refractivity contribution is 6.02. The van der Waals surface area contributed by atoms with Crippen LogP contribution < -0.4 is 16.0 Å². The number of ether oxygens (including phenoxy) is 1. The predicted molar refractivity (Wildman–Crippen MR) is 119 cm³/mol. The molecule has 0 radical (unpaired) electrons. The molecule has 0 bridgehead atoms. The Kier molecular flexibility index (Phi) is 10.2. The van der Waals surface area contributed by atoms with Gasteiger partial charge in [0.1, 0.15) is 17.7 Å². The number of alkyl halides is 3. The first kappa shape index (κ1) is 30.3. The van der Waals surface area contributed by atoms with Crippen molar-refractivity contribution in [2.24, 2.45) is 5.92 Å². The van der Waals surface area contributed by atoms with Crippen molar-refractivity contribution in [3.8, 4) is 0 Å². The zero-order valence-electron chi connectivity index (χ0n) is 21.0. The van der Waals surface area contributed by atoms with Gasteiger partial charge in [0, 0.05) is 0 Å². The van der Waals surface area contributed by atoms with E-state index in [0.717, 1.165) is 0 Å². The maximum absolute atomic E-state index is 13.1. The summed E-state index contributed by atoms with van der Waals surface area (Å²) in [6.45, 7) is 10.6. The third kappa shape index (κ3) is 9.11. The quantitative estimate of drug-likeness (QED) is 0.454. The Morgan fingerprint density at radius 3 is 1.94 bits per heavy atom. The van der Waals surface area contributed by atoms with E-state index < -0.39 is 71.5 Å². The molecule has 1 unspecified atom stereocenters. The van der Waals surface area contributed by atoms with E-state index in [2.05, 4.69) is 16.0 Å². The summed E-state index contributed by atoms with van der Waals surface area (Å²) in [6.07, 6.45) is -5.34. The second-order valence-corrected chi connectivity index (χ2v) is 9.90. The lowest BCUT2D eigenvalue weighted by Crippen LogP contribution is -2.58.